The van der Waals surface area contributed by atoms with Gasteiger partial charge in [-0.25, -0.2) is 0 Å². The van der Waals surface area contributed by atoms with Crippen LogP contribution >= 0.6 is 0 Å². The number of hydrogen-bond donors (Lipinski definition) is 1. The second-order valence-electron chi connectivity index (χ2n) is 6.53. The molecule has 0 aliphatic carbocycles. The van der Waals surface area contributed by atoms with E-state index in [1.54, 1.807) is 0 Å². The summed E-state index contributed by atoms with van der Waals surface area (Å²) in [5.74, 6) is 0.841. The van der Waals surface area contributed by atoms with Gasteiger partial charge in [0, 0.05) is 24.8 Å². The number of fused-ring (bicyclic) bond motifs is 1. The topological polar surface area (TPSA) is 15.3 Å². The second kappa shape index (κ2) is 8.43. The fourth-order valence-corrected chi connectivity index (χ4v) is 3.26. The van der Waals surface area contributed by atoms with Crippen molar-refractivity contribution in [3.8, 4) is 0 Å². The molecule has 2 unspecified atom stereocenters. The summed E-state index contributed by atoms with van der Waals surface area (Å²) < 4.78 is 0. The lowest BCUT2D eigenvalue weighted by molar-refractivity contribution is 0.384. The zero-order valence-corrected chi connectivity index (χ0v) is 14.1. The molecule has 1 aromatic carbocycles. The highest BCUT2D eigenvalue weighted by atomic mass is 15.1. The van der Waals surface area contributed by atoms with E-state index in [1.807, 2.05) is 0 Å². The molecule has 1 aliphatic heterocycles. The molecule has 21 heavy (non-hydrogen) atoms. The molecule has 1 aromatic rings. The molecular weight excluding hydrogens is 256 g/mol. The summed E-state index contributed by atoms with van der Waals surface area (Å²) >= 11 is 0. The van der Waals surface area contributed by atoms with Gasteiger partial charge in [0.1, 0.15) is 0 Å². The summed E-state index contributed by atoms with van der Waals surface area (Å²) in [6.45, 7) is 10.5. The van der Waals surface area contributed by atoms with Crippen LogP contribution in [0.15, 0.2) is 24.3 Å². The molecule has 1 heterocycles. The van der Waals surface area contributed by atoms with E-state index in [1.165, 1.54) is 56.4 Å². The Balaban J connectivity index is 1.68. The van der Waals surface area contributed by atoms with Crippen LogP contribution in [-0.4, -0.2) is 25.7 Å². The van der Waals surface area contributed by atoms with Gasteiger partial charge in [-0.15, -0.1) is 0 Å². The van der Waals surface area contributed by atoms with Crippen molar-refractivity contribution in [2.45, 2.75) is 58.9 Å². The van der Waals surface area contributed by atoms with E-state index >= 15 is 0 Å². The highest BCUT2D eigenvalue weighted by Crippen LogP contribution is 2.27. The SMILES string of the molecule is CCC(C)CC(CC)NCCCN1CCc2ccccc21. The molecule has 0 fully saturated rings. The van der Waals surface area contributed by atoms with E-state index in [-0.39, 0.29) is 0 Å². The summed E-state index contributed by atoms with van der Waals surface area (Å²) in [5, 5.41) is 3.76. The van der Waals surface area contributed by atoms with Crippen LogP contribution < -0.4 is 10.2 Å². The van der Waals surface area contributed by atoms with Crippen LogP contribution in [0.5, 0.6) is 0 Å². The van der Waals surface area contributed by atoms with Crippen molar-refractivity contribution in [1.29, 1.82) is 0 Å². The lowest BCUT2D eigenvalue weighted by Gasteiger charge is -2.22. The Morgan fingerprint density at radius 2 is 2.00 bits per heavy atom. The third kappa shape index (κ3) is 4.74. The Bertz CT molecular complexity index is 416. The molecule has 0 radical (unpaired) electrons. The summed E-state index contributed by atoms with van der Waals surface area (Å²) in [6, 6.07) is 9.56. The number of hydrogen-bond acceptors (Lipinski definition) is 2. The van der Waals surface area contributed by atoms with Crippen LogP contribution in [0.3, 0.4) is 0 Å². The summed E-state index contributed by atoms with van der Waals surface area (Å²) in [5.41, 5.74) is 2.98. The van der Waals surface area contributed by atoms with Crippen molar-refractivity contribution in [3.05, 3.63) is 29.8 Å². The molecule has 118 valence electrons. The van der Waals surface area contributed by atoms with Crippen molar-refractivity contribution in [3.63, 3.8) is 0 Å². The third-order valence-corrected chi connectivity index (χ3v) is 4.90. The van der Waals surface area contributed by atoms with Gasteiger partial charge in [-0.3, -0.25) is 0 Å². The zero-order chi connectivity index (χ0) is 15.1. The summed E-state index contributed by atoms with van der Waals surface area (Å²) in [7, 11) is 0. The van der Waals surface area contributed by atoms with Gasteiger partial charge in [0.2, 0.25) is 0 Å². The van der Waals surface area contributed by atoms with Crippen LogP contribution in [0.25, 0.3) is 0 Å². The van der Waals surface area contributed by atoms with Gasteiger partial charge in [-0.2, -0.15) is 0 Å². The number of nitrogens with zero attached hydrogens (tertiary/aromatic N) is 1. The van der Waals surface area contributed by atoms with E-state index < -0.39 is 0 Å². The Kier molecular flexibility index (Phi) is 6.56. The fourth-order valence-electron chi connectivity index (χ4n) is 3.26. The van der Waals surface area contributed by atoms with E-state index in [9.17, 15) is 0 Å². The molecular formula is C19H32N2. The van der Waals surface area contributed by atoms with Gasteiger partial charge in [0.05, 0.1) is 0 Å². The maximum Gasteiger partial charge on any atom is 0.0399 e. The zero-order valence-electron chi connectivity index (χ0n) is 14.1. The maximum atomic E-state index is 3.76. The number of rotatable bonds is 9. The predicted molar refractivity (Wildman–Crippen MR) is 93.1 cm³/mol. The smallest absolute Gasteiger partial charge is 0.0399 e. The maximum absolute atomic E-state index is 3.76. The van der Waals surface area contributed by atoms with Crippen molar-refractivity contribution < 1.29 is 0 Å². The van der Waals surface area contributed by atoms with Crippen molar-refractivity contribution in [1.82, 2.24) is 5.32 Å². The van der Waals surface area contributed by atoms with Crippen LogP contribution in [0.1, 0.15) is 52.0 Å². The summed E-state index contributed by atoms with van der Waals surface area (Å²) in [6.07, 6.45) is 6.32. The Labute approximate surface area is 130 Å². The van der Waals surface area contributed by atoms with Crippen molar-refractivity contribution >= 4 is 5.69 Å². The van der Waals surface area contributed by atoms with Crippen LogP contribution in [0.2, 0.25) is 0 Å². The minimum atomic E-state index is 0.700. The molecule has 0 bridgehead atoms. The molecule has 0 amide bonds. The first kappa shape index (κ1) is 16.4. The van der Waals surface area contributed by atoms with Gasteiger partial charge in [-0.1, -0.05) is 45.4 Å². The minimum absolute atomic E-state index is 0.700. The third-order valence-electron chi connectivity index (χ3n) is 4.90. The van der Waals surface area contributed by atoms with E-state index in [4.69, 9.17) is 0 Å². The second-order valence-corrected chi connectivity index (χ2v) is 6.53. The van der Waals surface area contributed by atoms with E-state index in [0.717, 1.165) is 12.5 Å². The number of nitrogens with one attached hydrogen (secondary N) is 1. The molecule has 0 spiro atoms. The monoisotopic (exact) mass is 288 g/mol. The molecule has 2 heteroatoms. The quantitative estimate of drug-likeness (QED) is 0.684. The van der Waals surface area contributed by atoms with Crippen LogP contribution in [0.4, 0.5) is 5.69 Å². The average Bonchev–Trinajstić information content (AvgIpc) is 2.93. The van der Waals surface area contributed by atoms with Gasteiger partial charge in [-0.05, 0) is 49.8 Å². The molecule has 1 N–H and O–H groups in total. The first-order chi connectivity index (χ1) is 10.2. The summed E-state index contributed by atoms with van der Waals surface area (Å²) in [4.78, 5) is 2.55. The number of anilines is 1. The molecule has 0 aromatic heterocycles. The van der Waals surface area contributed by atoms with Crippen molar-refractivity contribution in [2.75, 3.05) is 24.5 Å². The van der Waals surface area contributed by atoms with Gasteiger partial charge >= 0.3 is 0 Å². The molecule has 2 nitrogen and oxygen atoms in total. The Morgan fingerprint density at radius 1 is 1.19 bits per heavy atom. The van der Waals surface area contributed by atoms with E-state index in [2.05, 4.69) is 55.3 Å². The van der Waals surface area contributed by atoms with Crippen LogP contribution in [0, 0.1) is 5.92 Å². The van der Waals surface area contributed by atoms with Gasteiger partial charge in [0.15, 0.2) is 0 Å². The molecule has 2 rings (SSSR count). The highest BCUT2D eigenvalue weighted by Gasteiger charge is 2.17. The number of para-hydroxylation sites is 1. The first-order valence-electron chi connectivity index (χ1n) is 8.80. The van der Waals surface area contributed by atoms with E-state index in [0.29, 0.717) is 6.04 Å². The largest absolute Gasteiger partial charge is 0.371 e. The fraction of sp³-hybridized carbons (Fsp3) is 0.684. The first-order valence-corrected chi connectivity index (χ1v) is 8.80. The number of benzene rings is 1. The molecule has 1 aliphatic rings. The lowest BCUT2D eigenvalue weighted by Crippen LogP contribution is -2.33. The van der Waals surface area contributed by atoms with Gasteiger partial charge in [0.25, 0.3) is 0 Å². The van der Waals surface area contributed by atoms with Crippen molar-refractivity contribution in [2.24, 2.45) is 5.92 Å². The molecule has 2 atom stereocenters. The highest BCUT2D eigenvalue weighted by molar-refractivity contribution is 5.57. The van der Waals surface area contributed by atoms with Gasteiger partial charge < -0.3 is 10.2 Å². The predicted octanol–water partition coefficient (Wildman–Crippen LogP) is 4.24. The normalized spacial score (nSPS) is 16.8. The molecule has 0 saturated carbocycles. The standard InChI is InChI=1S/C19H32N2/c1-4-16(3)15-18(5-2)20-12-8-13-21-14-11-17-9-6-7-10-19(17)21/h6-7,9-10,16,18,20H,4-5,8,11-15H2,1-3H3. The lowest BCUT2D eigenvalue weighted by atomic mass is 9.98. The minimum Gasteiger partial charge on any atom is -0.371 e. The average molecular weight is 288 g/mol. The Morgan fingerprint density at radius 3 is 2.76 bits per heavy atom. The molecule has 0 saturated heterocycles. The Hall–Kier alpha value is -1.02. The van der Waals surface area contributed by atoms with Crippen LogP contribution in [-0.2, 0) is 6.42 Å².